The summed E-state index contributed by atoms with van der Waals surface area (Å²) < 4.78 is 0. The number of alkyl halides is 2. The van der Waals surface area contributed by atoms with Crippen LogP contribution in [0.3, 0.4) is 0 Å². The quantitative estimate of drug-likeness (QED) is 0.591. The highest BCUT2D eigenvalue weighted by Crippen LogP contribution is 1.60. The maximum absolute atomic E-state index is 5.00. The molecule has 0 saturated carbocycles. The lowest BCUT2D eigenvalue weighted by atomic mass is 11.0. The highest BCUT2D eigenvalue weighted by atomic mass is 35.5. The van der Waals surface area contributed by atoms with Gasteiger partial charge in [0.15, 0.2) is 0 Å². The summed E-state index contributed by atoms with van der Waals surface area (Å²) in [6, 6.07) is 0. The van der Waals surface area contributed by atoms with E-state index in [-0.39, 0.29) is 54.0 Å². The average Bonchev–Trinajstić information content (AvgIpc) is 1.39. The van der Waals surface area contributed by atoms with Crippen molar-refractivity contribution >= 4 is 77.2 Å². The molecule has 0 aliphatic heterocycles. The first-order chi connectivity index (χ1) is 2.83. The standard InChI is InChI=1S/2C2H5Cl.4H2S/c2*1-2-3;;;;/h2*2H2,1H3;4*1H2. The Bertz CT molecular complexity index is 17.2. The number of hydrogen-bond acceptors (Lipinski definition) is 0. The third kappa shape index (κ3) is 205. The highest BCUT2D eigenvalue weighted by Gasteiger charge is 1.38. The van der Waals surface area contributed by atoms with Gasteiger partial charge in [0.25, 0.3) is 0 Å². The molecule has 0 heterocycles. The van der Waals surface area contributed by atoms with Crippen LogP contribution in [0.1, 0.15) is 13.8 Å². The molecule has 0 aliphatic carbocycles. The van der Waals surface area contributed by atoms with Gasteiger partial charge in [-0.3, -0.25) is 0 Å². The normalized spacial score (nSPS) is 3.60. The molecule has 0 N–H and O–H groups in total. The maximum atomic E-state index is 5.00. The van der Waals surface area contributed by atoms with E-state index in [9.17, 15) is 0 Å². The van der Waals surface area contributed by atoms with Crippen molar-refractivity contribution in [3.05, 3.63) is 0 Å². The molecule has 6 heteroatoms. The minimum atomic E-state index is 0. The fourth-order valence-corrected chi connectivity index (χ4v) is 0. The third-order valence-electron chi connectivity index (χ3n) is 0. The van der Waals surface area contributed by atoms with Crippen LogP contribution in [0.4, 0.5) is 0 Å². The minimum Gasteiger partial charge on any atom is -0.197 e. The molecular formula is C4H18Cl2S4. The number of hydrogen-bond donors (Lipinski definition) is 0. The Hall–Kier alpha value is 1.98. The van der Waals surface area contributed by atoms with Gasteiger partial charge >= 0.3 is 0 Å². The van der Waals surface area contributed by atoms with Crippen LogP contribution in [-0.4, -0.2) is 11.8 Å². The van der Waals surface area contributed by atoms with E-state index in [1.807, 2.05) is 13.8 Å². The molecule has 10 heavy (non-hydrogen) atoms. The number of halogens is 2. The smallest absolute Gasteiger partial charge is 0.0195 e. The molecule has 0 radical (unpaired) electrons. The molecule has 0 amide bonds. The zero-order chi connectivity index (χ0) is 5.41. The second-order valence-electron chi connectivity index (χ2n) is 0.535. The zero-order valence-electron chi connectivity index (χ0n) is 6.17. The van der Waals surface area contributed by atoms with Gasteiger partial charge < -0.3 is 0 Å². The Morgan fingerprint density at radius 2 is 0.700 bits per heavy atom. The topological polar surface area (TPSA) is 0 Å². The summed E-state index contributed by atoms with van der Waals surface area (Å²) in [7, 11) is 0. The molecule has 0 atom stereocenters. The van der Waals surface area contributed by atoms with Gasteiger partial charge in [-0.15, -0.1) is 23.2 Å². The monoisotopic (exact) mass is 264 g/mol. The lowest BCUT2D eigenvalue weighted by Crippen LogP contribution is -1.36. The molecule has 0 saturated heterocycles. The van der Waals surface area contributed by atoms with E-state index in [0.717, 1.165) is 11.8 Å². The van der Waals surface area contributed by atoms with Gasteiger partial charge in [0.05, 0.1) is 0 Å². The van der Waals surface area contributed by atoms with Crippen molar-refractivity contribution < 1.29 is 0 Å². The van der Waals surface area contributed by atoms with Crippen molar-refractivity contribution in [2.45, 2.75) is 13.8 Å². The van der Waals surface area contributed by atoms with E-state index in [1.165, 1.54) is 0 Å². The van der Waals surface area contributed by atoms with Crippen molar-refractivity contribution in [2.24, 2.45) is 0 Å². The second-order valence-corrected chi connectivity index (χ2v) is 1.60. The summed E-state index contributed by atoms with van der Waals surface area (Å²) in [5.74, 6) is 1.44. The Morgan fingerprint density at radius 1 is 0.700 bits per heavy atom. The van der Waals surface area contributed by atoms with Gasteiger partial charge in [-0.25, -0.2) is 0 Å². The minimum absolute atomic E-state index is 0. The fourth-order valence-electron chi connectivity index (χ4n) is 0. The average molecular weight is 265 g/mol. The van der Waals surface area contributed by atoms with E-state index >= 15 is 0 Å². The van der Waals surface area contributed by atoms with Crippen LogP contribution in [0.5, 0.6) is 0 Å². The first-order valence-electron chi connectivity index (χ1n) is 1.95. The zero-order valence-corrected chi connectivity index (χ0v) is 11.7. The van der Waals surface area contributed by atoms with Crippen LogP contribution in [0.25, 0.3) is 0 Å². The molecule has 0 aromatic rings. The van der Waals surface area contributed by atoms with Gasteiger partial charge in [-0.1, -0.05) is 13.8 Å². The Labute approximate surface area is 102 Å². The largest absolute Gasteiger partial charge is 0.197 e. The molecule has 0 aromatic carbocycles. The van der Waals surface area contributed by atoms with Crippen LogP contribution in [0.2, 0.25) is 0 Å². The second kappa shape index (κ2) is 69.0. The lowest BCUT2D eigenvalue weighted by Gasteiger charge is -1.45. The van der Waals surface area contributed by atoms with Crippen molar-refractivity contribution in [3.8, 4) is 0 Å². The van der Waals surface area contributed by atoms with Crippen molar-refractivity contribution in [3.63, 3.8) is 0 Å². The van der Waals surface area contributed by atoms with Crippen molar-refractivity contribution in [1.82, 2.24) is 0 Å². The van der Waals surface area contributed by atoms with Crippen molar-refractivity contribution in [2.75, 3.05) is 11.8 Å². The maximum Gasteiger partial charge on any atom is 0.0195 e. The summed E-state index contributed by atoms with van der Waals surface area (Å²) in [5.41, 5.74) is 0. The molecule has 0 spiro atoms. The molecule has 0 aromatic heterocycles. The van der Waals surface area contributed by atoms with Gasteiger partial charge in [-0.05, 0) is 0 Å². The molecule has 0 rings (SSSR count). The van der Waals surface area contributed by atoms with E-state index in [4.69, 9.17) is 23.2 Å². The lowest BCUT2D eigenvalue weighted by molar-refractivity contribution is 1.51. The third-order valence-corrected chi connectivity index (χ3v) is 0. The first-order valence-corrected chi connectivity index (χ1v) is 3.02. The molecule has 0 fully saturated rings. The molecule has 72 valence electrons. The van der Waals surface area contributed by atoms with Gasteiger partial charge in [-0.2, -0.15) is 54.0 Å². The van der Waals surface area contributed by atoms with Crippen LogP contribution < -0.4 is 0 Å². The van der Waals surface area contributed by atoms with E-state index in [0.29, 0.717) is 0 Å². The van der Waals surface area contributed by atoms with E-state index < -0.39 is 0 Å². The predicted molar refractivity (Wildman–Crippen MR) is 74.3 cm³/mol. The van der Waals surface area contributed by atoms with Crippen molar-refractivity contribution in [1.29, 1.82) is 0 Å². The van der Waals surface area contributed by atoms with E-state index in [1.54, 1.807) is 0 Å². The SMILES string of the molecule is CCCl.CCCl.S.S.S.S. The van der Waals surface area contributed by atoms with Crippen LogP contribution >= 0.6 is 77.2 Å². The summed E-state index contributed by atoms with van der Waals surface area (Å²) in [6.45, 7) is 3.78. The molecule has 0 unspecified atom stereocenters. The highest BCUT2D eigenvalue weighted by molar-refractivity contribution is 7.59. The molecule has 0 nitrogen and oxygen atoms in total. The summed E-state index contributed by atoms with van der Waals surface area (Å²) >= 11 is 10.00. The first kappa shape index (κ1) is 40.4. The van der Waals surface area contributed by atoms with Gasteiger partial charge in [0.2, 0.25) is 0 Å². The van der Waals surface area contributed by atoms with Gasteiger partial charge in [0, 0.05) is 11.8 Å². The molecular weight excluding hydrogens is 247 g/mol. The van der Waals surface area contributed by atoms with Crippen LogP contribution in [0.15, 0.2) is 0 Å². The molecule has 0 bridgehead atoms. The molecule has 0 aliphatic rings. The Morgan fingerprint density at radius 3 is 0.700 bits per heavy atom. The van der Waals surface area contributed by atoms with Crippen LogP contribution in [-0.2, 0) is 0 Å². The summed E-state index contributed by atoms with van der Waals surface area (Å²) in [6.07, 6.45) is 0. The Kier molecular flexibility index (Phi) is 279. The summed E-state index contributed by atoms with van der Waals surface area (Å²) in [4.78, 5) is 0. The number of rotatable bonds is 0. The van der Waals surface area contributed by atoms with Crippen LogP contribution in [0, 0.1) is 0 Å². The predicted octanol–water partition coefficient (Wildman–Crippen LogP) is 2.94. The Balaban J connectivity index is -0.00000000571. The van der Waals surface area contributed by atoms with Gasteiger partial charge in [0.1, 0.15) is 0 Å². The summed E-state index contributed by atoms with van der Waals surface area (Å²) in [5, 5.41) is 0. The fraction of sp³-hybridized carbons (Fsp3) is 1.00. The van der Waals surface area contributed by atoms with E-state index in [2.05, 4.69) is 0 Å².